The molecule has 0 N–H and O–H groups in total. The summed E-state index contributed by atoms with van der Waals surface area (Å²) < 4.78 is 55.7. The van der Waals surface area contributed by atoms with Gasteiger partial charge in [-0.2, -0.15) is 0 Å². The molecule has 0 saturated carbocycles. The lowest BCUT2D eigenvalue weighted by molar-refractivity contribution is -0.116. The number of rotatable bonds is 27. The first-order valence-corrected chi connectivity index (χ1v) is 34.9. The molecule has 1 aliphatic heterocycles. The zero-order valence-electron chi connectivity index (χ0n) is 42.3. The summed E-state index contributed by atoms with van der Waals surface area (Å²) in [5.41, 5.74) is 1.38. The largest absolute Gasteiger partial charge is 0.497 e. The van der Waals surface area contributed by atoms with Crippen molar-refractivity contribution < 1.29 is 36.8 Å². The first-order chi connectivity index (χ1) is 28.3. The van der Waals surface area contributed by atoms with Gasteiger partial charge in [0, 0.05) is 25.6 Å². The van der Waals surface area contributed by atoms with Gasteiger partial charge in [-0.3, -0.25) is 4.79 Å². The minimum absolute atomic E-state index is 0.0193. The minimum atomic E-state index is -2.91. The van der Waals surface area contributed by atoms with Crippen molar-refractivity contribution in [1.82, 2.24) is 0 Å². The number of benzene rings is 1. The van der Waals surface area contributed by atoms with E-state index < -0.39 is 55.9 Å². The first kappa shape index (κ1) is 56.6. The molecule has 354 valence electrons. The predicted octanol–water partition coefficient (Wildman–Crippen LogP) is 14.3. The van der Waals surface area contributed by atoms with Crippen LogP contribution in [0.4, 0.5) is 0 Å². The Balaban J connectivity index is 2.93. The fourth-order valence-corrected chi connectivity index (χ4v) is 20.2. The average molecular weight is 944 g/mol. The van der Waals surface area contributed by atoms with Crippen LogP contribution in [0.3, 0.4) is 0 Å². The van der Waals surface area contributed by atoms with Crippen molar-refractivity contribution >= 4 is 49.0 Å². The van der Waals surface area contributed by atoms with Gasteiger partial charge >= 0.3 is 0 Å². The van der Waals surface area contributed by atoms with Crippen LogP contribution in [0.5, 0.6) is 5.75 Å². The van der Waals surface area contributed by atoms with E-state index >= 15 is 0 Å². The summed E-state index contributed by atoms with van der Waals surface area (Å²) in [4.78, 5) is 13.9. The summed E-state index contributed by atoms with van der Waals surface area (Å²) in [5, 5.41) is 0.181. The van der Waals surface area contributed by atoms with E-state index in [2.05, 4.69) is 127 Å². The SMILES string of the molecule is CCSC(=O)[C@H](CC)[C@H](/C=C/[C@@]1(CCO[Si](C)(C)C(C)(C)C)O[C@@H](P(C)(C)=O)O[C@@H]1C[C@@H](CCc1ccc(OC)cc1)O[Si](C(C)C)(C(C)C)C(C)C)O[Si](CC)(CC)CC. The van der Waals surface area contributed by atoms with Gasteiger partial charge in [-0.15, -0.1) is 0 Å². The quantitative estimate of drug-likeness (QED) is 0.0486. The molecule has 2 rings (SSSR count). The number of aryl methyl sites for hydroxylation is 1. The van der Waals surface area contributed by atoms with E-state index in [9.17, 15) is 9.36 Å². The Morgan fingerprint density at radius 1 is 0.918 bits per heavy atom. The van der Waals surface area contributed by atoms with Gasteiger partial charge in [-0.1, -0.05) is 133 Å². The maximum absolute atomic E-state index is 14.1. The van der Waals surface area contributed by atoms with Crippen LogP contribution in [0.15, 0.2) is 36.4 Å². The summed E-state index contributed by atoms with van der Waals surface area (Å²) in [6.45, 7) is 40.2. The Labute approximate surface area is 382 Å². The predicted molar refractivity (Wildman–Crippen MR) is 270 cm³/mol. The van der Waals surface area contributed by atoms with Gasteiger partial charge in [0.15, 0.2) is 21.8 Å². The van der Waals surface area contributed by atoms with Gasteiger partial charge in [0.2, 0.25) is 14.3 Å². The van der Waals surface area contributed by atoms with Crippen LogP contribution >= 0.6 is 18.9 Å². The van der Waals surface area contributed by atoms with Crippen molar-refractivity contribution in [2.75, 3.05) is 32.8 Å². The standard InChI is InChI=1S/C48H91O8PSSi3/c1-20-42(45(49)58-21-2)43(56-60(22-3,23-4)24-5)31-32-48(33-34-52-59(18,19)47(12,13)14)44(53-46(54-48)57(16,17)50)35-41(30-27-39-25-28-40(51-15)29-26-39)55-61(36(6)7,37(8)9)38(10)11/h25-26,28-29,31-32,36-38,41-44,46H,20-24,27,30,33-35H2,1-19H3/b32-31+/t41-,42-,43+,44-,46+,48+/m1/s1. The molecule has 0 radical (unpaired) electrons. The lowest BCUT2D eigenvalue weighted by Gasteiger charge is -2.45. The zero-order valence-corrected chi connectivity index (χ0v) is 47.0. The van der Waals surface area contributed by atoms with Crippen LogP contribution in [0.25, 0.3) is 0 Å². The molecule has 1 aromatic rings. The second-order valence-electron chi connectivity index (χ2n) is 20.4. The van der Waals surface area contributed by atoms with E-state index in [0.717, 1.165) is 36.7 Å². The van der Waals surface area contributed by atoms with Crippen molar-refractivity contribution in [1.29, 1.82) is 0 Å². The lowest BCUT2D eigenvalue weighted by atomic mass is 9.86. The lowest BCUT2D eigenvalue weighted by Crippen LogP contribution is -2.52. The van der Waals surface area contributed by atoms with Crippen LogP contribution in [0.2, 0.25) is 52.9 Å². The Morgan fingerprint density at radius 3 is 1.92 bits per heavy atom. The Hall–Kier alpha value is -0.539. The third-order valence-corrected chi connectivity index (χ3v) is 31.6. The van der Waals surface area contributed by atoms with Gasteiger partial charge in [0.25, 0.3) is 0 Å². The smallest absolute Gasteiger partial charge is 0.212 e. The summed E-state index contributed by atoms with van der Waals surface area (Å²) in [6, 6.07) is 10.4. The molecule has 1 aromatic carbocycles. The molecule has 0 aliphatic carbocycles. The van der Waals surface area contributed by atoms with Crippen molar-refractivity contribution in [3.63, 3.8) is 0 Å². The maximum atomic E-state index is 14.1. The summed E-state index contributed by atoms with van der Waals surface area (Å²) in [5.74, 6) is 1.24. The molecule has 0 spiro atoms. The monoisotopic (exact) mass is 943 g/mol. The molecule has 1 aliphatic rings. The molecule has 0 aromatic heterocycles. The van der Waals surface area contributed by atoms with E-state index in [1.165, 1.54) is 17.3 Å². The summed E-state index contributed by atoms with van der Waals surface area (Å²) in [7, 11) is -7.90. The second-order valence-corrected chi connectivity index (χ2v) is 39.9. The second kappa shape index (κ2) is 24.3. The highest BCUT2D eigenvalue weighted by molar-refractivity contribution is 8.13. The van der Waals surface area contributed by atoms with E-state index in [-0.39, 0.29) is 22.2 Å². The summed E-state index contributed by atoms with van der Waals surface area (Å²) in [6.07, 6.45) is 6.55. The first-order valence-electron chi connectivity index (χ1n) is 23.6. The number of ether oxygens (including phenoxy) is 3. The highest BCUT2D eigenvalue weighted by atomic mass is 32.2. The molecule has 0 bridgehead atoms. The van der Waals surface area contributed by atoms with Gasteiger partial charge in [0.05, 0.1) is 25.2 Å². The molecule has 6 atom stereocenters. The minimum Gasteiger partial charge on any atom is -0.497 e. The molecule has 61 heavy (non-hydrogen) atoms. The molecule has 0 amide bonds. The van der Waals surface area contributed by atoms with Crippen molar-refractivity contribution in [3.05, 3.63) is 42.0 Å². The Kier molecular flexibility index (Phi) is 22.5. The topological polar surface area (TPSA) is 89.5 Å². The normalized spacial score (nSPS) is 21.2. The third-order valence-electron chi connectivity index (χ3n) is 14.2. The number of hydrogen-bond acceptors (Lipinski definition) is 9. The number of carbonyl (C=O) groups excluding carboxylic acids is 1. The number of hydrogen-bond donors (Lipinski definition) is 0. The van der Waals surface area contributed by atoms with Crippen LogP contribution in [0.1, 0.15) is 128 Å². The number of methoxy groups -OCH3 is 1. The van der Waals surface area contributed by atoms with Crippen LogP contribution in [-0.4, -0.2) is 92.8 Å². The average Bonchev–Trinajstić information content (AvgIpc) is 3.54. The van der Waals surface area contributed by atoms with Crippen LogP contribution in [-0.2, 0) is 38.5 Å². The Morgan fingerprint density at radius 2 is 1.48 bits per heavy atom. The zero-order chi connectivity index (χ0) is 46.6. The summed E-state index contributed by atoms with van der Waals surface area (Å²) >= 11 is 1.38. The Bertz CT molecular complexity index is 1510. The fourth-order valence-electron chi connectivity index (χ4n) is 9.07. The van der Waals surface area contributed by atoms with Crippen molar-refractivity contribution in [3.8, 4) is 5.75 Å². The van der Waals surface area contributed by atoms with E-state index in [1.807, 2.05) is 19.1 Å². The highest BCUT2D eigenvalue weighted by Crippen LogP contribution is 2.54. The molecule has 8 nitrogen and oxygen atoms in total. The third kappa shape index (κ3) is 15.0. The molecular formula is C48H91O8PSSi3. The number of thioether (sulfide) groups is 1. The highest BCUT2D eigenvalue weighted by Gasteiger charge is 2.54. The van der Waals surface area contributed by atoms with E-state index in [4.69, 9.17) is 27.5 Å². The molecule has 1 fully saturated rings. The van der Waals surface area contributed by atoms with Gasteiger partial charge in [-0.05, 0) is 109 Å². The molecule has 1 saturated heterocycles. The van der Waals surface area contributed by atoms with Crippen molar-refractivity contribution in [2.24, 2.45) is 5.92 Å². The number of carbonyl (C=O) groups is 1. The van der Waals surface area contributed by atoms with Gasteiger partial charge < -0.3 is 32.1 Å². The molecule has 0 unspecified atom stereocenters. The van der Waals surface area contributed by atoms with Gasteiger partial charge in [-0.25, -0.2) is 0 Å². The maximum Gasteiger partial charge on any atom is 0.212 e. The van der Waals surface area contributed by atoms with E-state index in [1.54, 1.807) is 20.4 Å². The molecular weight excluding hydrogens is 852 g/mol. The van der Waals surface area contributed by atoms with Crippen LogP contribution in [0, 0.1) is 5.92 Å². The van der Waals surface area contributed by atoms with Crippen LogP contribution < -0.4 is 4.74 Å². The molecule has 13 heteroatoms. The molecule has 1 heterocycles. The van der Waals surface area contributed by atoms with Crippen molar-refractivity contribution in [2.45, 2.75) is 212 Å². The van der Waals surface area contributed by atoms with Gasteiger partial charge in [0.1, 0.15) is 18.5 Å². The fraction of sp³-hybridized carbons (Fsp3) is 0.812. The van der Waals surface area contributed by atoms with E-state index in [0.29, 0.717) is 48.2 Å².